The van der Waals surface area contributed by atoms with E-state index in [-0.39, 0.29) is 17.7 Å². The van der Waals surface area contributed by atoms with Crippen molar-refractivity contribution in [3.63, 3.8) is 0 Å². The van der Waals surface area contributed by atoms with E-state index in [1.54, 1.807) is 17.8 Å². The number of nitrogens with two attached hydrogens (primary N) is 1. The van der Waals surface area contributed by atoms with Crippen LogP contribution < -0.4 is 16.0 Å². The van der Waals surface area contributed by atoms with Gasteiger partial charge in [-0.25, -0.2) is 0 Å². The molecule has 138 valence electrons. The number of aromatic nitrogens is 2. The van der Waals surface area contributed by atoms with Crippen molar-refractivity contribution in [2.45, 2.75) is 46.3 Å². The second kappa shape index (κ2) is 7.08. The van der Waals surface area contributed by atoms with Crippen molar-refractivity contribution in [2.75, 3.05) is 0 Å². The van der Waals surface area contributed by atoms with Crippen LogP contribution in [-0.4, -0.2) is 21.7 Å². The Kier molecular flexibility index (Phi) is 5.01. The third kappa shape index (κ3) is 3.31. The summed E-state index contributed by atoms with van der Waals surface area (Å²) in [6.07, 6.45) is 2.55. The molecular formula is C21H27N3O2. The van der Waals surface area contributed by atoms with Crippen LogP contribution in [0.3, 0.4) is 0 Å². The molecule has 0 amide bonds. The molecule has 2 atom stereocenters. The highest BCUT2D eigenvalue weighted by Gasteiger charge is 2.17. The summed E-state index contributed by atoms with van der Waals surface area (Å²) in [5.41, 5.74) is 7.79. The molecule has 3 rings (SSSR count). The number of benzene rings is 1. The summed E-state index contributed by atoms with van der Waals surface area (Å²) < 4.78 is 7.73. The molecule has 2 heterocycles. The summed E-state index contributed by atoms with van der Waals surface area (Å²) in [5.74, 6) is 1.25. The monoisotopic (exact) mass is 353 g/mol. The Morgan fingerprint density at radius 3 is 2.62 bits per heavy atom. The Bertz CT molecular complexity index is 1010. The summed E-state index contributed by atoms with van der Waals surface area (Å²) >= 11 is 0. The molecular weight excluding hydrogens is 326 g/mol. The van der Waals surface area contributed by atoms with Crippen LogP contribution in [0.4, 0.5) is 0 Å². The molecule has 2 aromatic heterocycles. The number of nitrogens with zero attached hydrogens (tertiary/aromatic N) is 2. The van der Waals surface area contributed by atoms with E-state index in [9.17, 15) is 4.79 Å². The summed E-state index contributed by atoms with van der Waals surface area (Å²) in [5, 5.41) is 2.61. The largest absolute Gasteiger partial charge is 0.489 e. The zero-order valence-electron chi connectivity index (χ0n) is 16.1. The first-order chi connectivity index (χ1) is 12.3. The highest BCUT2D eigenvalue weighted by Crippen LogP contribution is 2.27. The minimum absolute atomic E-state index is 0.0279. The molecule has 0 spiro atoms. The van der Waals surface area contributed by atoms with E-state index in [0.29, 0.717) is 11.3 Å². The first kappa shape index (κ1) is 18.4. The topological polar surface area (TPSA) is 70.1 Å². The lowest BCUT2D eigenvalue weighted by Gasteiger charge is -2.23. The number of rotatable bonds is 5. The van der Waals surface area contributed by atoms with Gasteiger partial charge in [0.05, 0.1) is 16.6 Å². The van der Waals surface area contributed by atoms with Crippen LogP contribution in [-0.2, 0) is 7.05 Å². The zero-order valence-corrected chi connectivity index (χ0v) is 16.1. The van der Waals surface area contributed by atoms with Crippen LogP contribution >= 0.6 is 0 Å². The van der Waals surface area contributed by atoms with Crippen molar-refractivity contribution in [1.29, 1.82) is 0 Å². The minimum atomic E-state index is -0.0984. The van der Waals surface area contributed by atoms with E-state index in [4.69, 9.17) is 10.5 Å². The number of pyridine rings is 2. The molecule has 0 radical (unpaired) electrons. The first-order valence-corrected chi connectivity index (χ1v) is 9.10. The molecule has 1 aromatic carbocycles. The van der Waals surface area contributed by atoms with Gasteiger partial charge in [0.25, 0.3) is 5.56 Å². The molecule has 2 unspecified atom stereocenters. The van der Waals surface area contributed by atoms with Crippen molar-refractivity contribution in [2.24, 2.45) is 18.7 Å². The fraction of sp³-hybridized carbons (Fsp3) is 0.429. The summed E-state index contributed by atoms with van der Waals surface area (Å²) in [6.45, 7) is 8.16. The first-order valence-electron chi connectivity index (χ1n) is 9.10. The van der Waals surface area contributed by atoms with Gasteiger partial charge in [0.15, 0.2) is 0 Å². The summed E-state index contributed by atoms with van der Waals surface area (Å²) in [4.78, 5) is 17.1. The Hall–Kier alpha value is -2.40. The highest BCUT2D eigenvalue weighted by atomic mass is 16.5. The molecule has 0 aliphatic rings. The van der Waals surface area contributed by atoms with Gasteiger partial charge in [0, 0.05) is 30.7 Å². The fourth-order valence-corrected chi connectivity index (χ4v) is 3.47. The van der Waals surface area contributed by atoms with Gasteiger partial charge >= 0.3 is 0 Å². The normalized spacial score (nSPS) is 14.1. The highest BCUT2D eigenvalue weighted by molar-refractivity contribution is 6.06. The van der Waals surface area contributed by atoms with E-state index in [1.807, 2.05) is 38.1 Å². The smallest absolute Gasteiger partial charge is 0.260 e. The molecule has 5 heteroatoms. The summed E-state index contributed by atoms with van der Waals surface area (Å²) in [6, 6.07) is 7.74. The predicted octanol–water partition coefficient (Wildman–Crippen LogP) is 3.54. The number of aryl methyl sites for hydroxylation is 2. The average molecular weight is 353 g/mol. The lowest BCUT2D eigenvalue weighted by molar-refractivity contribution is 0.177. The minimum Gasteiger partial charge on any atom is -0.489 e. The maximum Gasteiger partial charge on any atom is 0.260 e. The van der Waals surface area contributed by atoms with E-state index in [1.165, 1.54) is 0 Å². The van der Waals surface area contributed by atoms with Gasteiger partial charge < -0.3 is 15.0 Å². The quantitative estimate of drug-likeness (QED) is 0.712. The van der Waals surface area contributed by atoms with E-state index in [0.717, 1.165) is 34.2 Å². The number of hydrogen-bond donors (Lipinski definition) is 1. The Balaban J connectivity index is 2.06. The van der Waals surface area contributed by atoms with Gasteiger partial charge in [-0.2, -0.15) is 0 Å². The molecule has 0 aliphatic heterocycles. The Labute approximate surface area is 153 Å². The van der Waals surface area contributed by atoms with Gasteiger partial charge in [-0.1, -0.05) is 13.8 Å². The molecule has 0 saturated carbocycles. The lowest BCUT2D eigenvalue weighted by Crippen LogP contribution is -2.37. The van der Waals surface area contributed by atoms with Gasteiger partial charge in [-0.3, -0.25) is 9.78 Å². The van der Waals surface area contributed by atoms with E-state index < -0.39 is 0 Å². The van der Waals surface area contributed by atoms with Crippen molar-refractivity contribution in [1.82, 2.24) is 9.55 Å². The number of fused-ring (bicyclic) bond motifs is 3. The third-order valence-electron chi connectivity index (χ3n) is 4.95. The van der Waals surface area contributed by atoms with E-state index in [2.05, 4.69) is 18.8 Å². The van der Waals surface area contributed by atoms with Crippen LogP contribution in [0, 0.1) is 12.8 Å². The van der Waals surface area contributed by atoms with Gasteiger partial charge in [-0.15, -0.1) is 0 Å². The molecule has 2 N–H and O–H groups in total. The van der Waals surface area contributed by atoms with Gasteiger partial charge in [0.1, 0.15) is 11.9 Å². The van der Waals surface area contributed by atoms with Gasteiger partial charge in [-0.05, 0) is 49.8 Å². The number of ether oxygens (including phenoxy) is 1. The van der Waals surface area contributed by atoms with Crippen molar-refractivity contribution in [3.8, 4) is 5.75 Å². The Morgan fingerprint density at radius 1 is 1.19 bits per heavy atom. The van der Waals surface area contributed by atoms with Crippen molar-refractivity contribution >= 4 is 21.7 Å². The third-order valence-corrected chi connectivity index (χ3v) is 4.95. The standard InChI is InChI=1S/C21H27N3O2/c1-12(2)10-18(22)14(4)26-15-6-7-16-17-8-9-23-13(3)20(17)21(25)24(5)19(16)11-15/h6-9,11-12,14,18H,10,22H2,1-5H3. The predicted molar refractivity (Wildman–Crippen MR) is 107 cm³/mol. The van der Waals surface area contributed by atoms with Crippen molar-refractivity contribution in [3.05, 3.63) is 46.5 Å². The van der Waals surface area contributed by atoms with Crippen LogP contribution in [0.2, 0.25) is 0 Å². The van der Waals surface area contributed by atoms with Crippen LogP contribution in [0.15, 0.2) is 35.3 Å². The Morgan fingerprint density at radius 2 is 1.92 bits per heavy atom. The molecule has 0 fully saturated rings. The lowest BCUT2D eigenvalue weighted by atomic mass is 10.0. The molecule has 0 bridgehead atoms. The SMILES string of the molecule is Cc1nccc2c1c(=O)n(C)c1cc(OC(C)C(N)CC(C)C)ccc21. The molecule has 26 heavy (non-hydrogen) atoms. The van der Waals surface area contributed by atoms with Crippen LogP contribution in [0.5, 0.6) is 5.75 Å². The summed E-state index contributed by atoms with van der Waals surface area (Å²) in [7, 11) is 1.79. The maximum atomic E-state index is 12.8. The second-order valence-electron chi connectivity index (χ2n) is 7.48. The van der Waals surface area contributed by atoms with Crippen molar-refractivity contribution < 1.29 is 4.74 Å². The maximum absolute atomic E-state index is 12.8. The zero-order chi connectivity index (χ0) is 19.0. The average Bonchev–Trinajstić information content (AvgIpc) is 2.58. The second-order valence-corrected chi connectivity index (χ2v) is 7.48. The van der Waals surface area contributed by atoms with Crippen LogP contribution in [0.25, 0.3) is 21.7 Å². The molecule has 0 aliphatic carbocycles. The fourth-order valence-electron chi connectivity index (χ4n) is 3.47. The molecule has 5 nitrogen and oxygen atoms in total. The number of hydrogen-bond acceptors (Lipinski definition) is 4. The molecule has 3 aromatic rings. The van der Waals surface area contributed by atoms with Crippen LogP contribution in [0.1, 0.15) is 32.9 Å². The van der Waals surface area contributed by atoms with E-state index >= 15 is 0 Å². The molecule has 0 saturated heterocycles. The van der Waals surface area contributed by atoms with Gasteiger partial charge in [0.2, 0.25) is 0 Å².